The Morgan fingerprint density at radius 2 is 1.75 bits per heavy atom. The molecule has 5 nitrogen and oxygen atoms in total. The zero-order valence-electron chi connectivity index (χ0n) is 5.29. The van der Waals surface area contributed by atoms with E-state index in [1.54, 1.807) is 18.2 Å². The predicted octanol–water partition coefficient (Wildman–Crippen LogP) is -0.624. The van der Waals surface area contributed by atoms with E-state index in [2.05, 4.69) is 9.97 Å². The summed E-state index contributed by atoms with van der Waals surface area (Å²) < 4.78 is 0. The molecule has 0 unspecified atom stereocenters. The van der Waals surface area contributed by atoms with Gasteiger partial charge in [0.25, 0.3) is 0 Å². The molecule has 0 radical (unpaired) electrons. The quantitative estimate of drug-likeness (QED) is 0.520. The standard InChI is InChI=1S/C6HN5.Na.H/c7-1-4-5(2-8)11-6(3-9)10-4;;/h(H,10,11);;. The molecule has 0 fully saturated rings. The molecule has 1 heterocycles. The molecular formula is C6H2N5Na. The Balaban J connectivity index is 0.00000121. The molecule has 52 valence electrons. The molecule has 1 rings (SSSR count). The average Bonchev–Trinajstić information content (AvgIpc) is 2.46. The summed E-state index contributed by atoms with van der Waals surface area (Å²) in [6.07, 6.45) is 0. The number of hydrogen-bond donors (Lipinski definition) is 1. The zero-order valence-corrected chi connectivity index (χ0v) is 5.29. The SMILES string of the molecule is N#Cc1nc(C#N)c(C#N)[nH]1.[NaH]. The van der Waals surface area contributed by atoms with Crippen molar-refractivity contribution < 1.29 is 0 Å². The van der Waals surface area contributed by atoms with Crippen LogP contribution in [0.1, 0.15) is 17.2 Å². The molecule has 0 atom stereocenters. The Kier molecular flexibility index (Phi) is 4.04. The van der Waals surface area contributed by atoms with Crippen molar-refractivity contribution in [2.75, 3.05) is 0 Å². The number of nitriles is 3. The molecule has 1 N–H and O–H groups in total. The number of hydrogen-bond acceptors (Lipinski definition) is 4. The van der Waals surface area contributed by atoms with Crippen LogP contribution in [0.15, 0.2) is 0 Å². The molecular weight excluding hydrogens is 165 g/mol. The van der Waals surface area contributed by atoms with Crippen molar-refractivity contribution in [2.45, 2.75) is 0 Å². The van der Waals surface area contributed by atoms with Crippen LogP contribution in [0, 0.1) is 34.0 Å². The van der Waals surface area contributed by atoms with E-state index >= 15 is 0 Å². The van der Waals surface area contributed by atoms with Gasteiger partial charge in [-0.15, -0.1) is 0 Å². The fraction of sp³-hybridized carbons (Fsp3) is 0. The van der Waals surface area contributed by atoms with E-state index in [4.69, 9.17) is 15.8 Å². The van der Waals surface area contributed by atoms with Crippen LogP contribution in [0.25, 0.3) is 0 Å². The number of aromatic amines is 1. The fourth-order valence-electron chi connectivity index (χ4n) is 0.588. The van der Waals surface area contributed by atoms with Crippen molar-refractivity contribution in [3.8, 4) is 18.2 Å². The predicted molar refractivity (Wildman–Crippen MR) is 39.9 cm³/mol. The number of aromatic nitrogens is 2. The van der Waals surface area contributed by atoms with Crippen molar-refractivity contribution in [2.24, 2.45) is 0 Å². The van der Waals surface area contributed by atoms with Gasteiger partial charge in [-0.25, -0.2) is 4.98 Å². The minimum absolute atomic E-state index is 0. The first-order valence-corrected chi connectivity index (χ1v) is 2.62. The molecule has 0 aromatic carbocycles. The normalized spacial score (nSPS) is 7.08. The molecule has 0 spiro atoms. The van der Waals surface area contributed by atoms with Gasteiger partial charge in [-0.3, -0.25) is 0 Å². The summed E-state index contributed by atoms with van der Waals surface area (Å²) in [5.74, 6) is -0.0156. The second-order valence-electron chi connectivity index (χ2n) is 1.64. The first kappa shape index (κ1) is 10.7. The first-order chi connectivity index (χ1) is 5.31. The summed E-state index contributed by atoms with van der Waals surface area (Å²) in [4.78, 5) is 5.89. The second-order valence-corrected chi connectivity index (χ2v) is 1.64. The maximum absolute atomic E-state index is 8.38. The maximum atomic E-state index is 8.38. The van der Waals surface area contributed by atoms with Gasteiger partial charge in [0.1, 0.15) is 18.2 Å². The van der Waals surface area contributed by atoms with Crippen LogP contribution in [-0.2, 0) is 0 Å². The van der Waals surface area contributed by atoms with Crippen LogP contribution in [0.4, 0.5) is 0 Å². The van der Waals surface area contributed by atoms with E-state index in [0.717, 1.165) is 0 Å². The van der Waals surface area contributed by atoms with E-state index < -0.39 is 0 Å². The number of nitrogens with zero attached hydrogens (tertiary/aromatic N) is 4. The Bertz CT molecular complexity index is 368. The van der Waals surface area contributed by atoms with Crippen LogP contribution in [0.2, 0.25) is 0 Å². The fourth-order valence-corrected chi connectivity index (χ4v) is 0.588. The van der Waals surface area contributed by atoms with E-state index in [1.807, 2.05) is 0 Å². The number of H-pyrrole nitrogens is 1. The third-order valence-corrected chi connectivity index (χ3v) is 1.03. The van der Waals surface area contributed by atoms with Crippen molar-refractivity contribution >= 4 is 29.6 Å². The molecule has 6 heteroatoms. The van der Waals surface area contributed by atoms with Crippen LogP contribution in [0.5, 0.6) is 0 Å². The van der Waals surface area contributed by atoms with Gasteiger partial charge in [-0.1, -0.05) is 0 Å². The molecule has 0 aliphatic carbocycles. The van der Waals surface area contributed by atoms with E-state index in [0.29, 0.717) is 0 Å². The number of imidazole rings is 1. The number of rotatable bonds is 0. The third-order valence-electron chi connectivity index (χ3n) is 1.03. The molecule has 0 bridgehead atoms. The Morgan fingerprint density at radius 3 is 2.08 bits per heavy atom. The van der Waals surface area contributed by atoms with Crippen LogP contribution >= 0.6 is 0 Å². The second kappa shape index (κ2) is 4.54. The third kappa shape index (κ3) is 1.84. The zero-order chi connectivity index (χ0) is 8.27. The summed E-state index contributed by atoms with van der Waals surface area (Å²) in [5, 5.41) is 25.0. The Hall–Kier alpha value is -1.32. The van der Waals surface area contributed by atoms with Crippen LogP contribution in [0.3, 0.4) is 0 Å². The van der Waals surface area contributed by atoms with Crippen molar-refractivity contribution in [1.82, 2.24) is 9.97 Å². The number of nitrogens with one attached hydrogen (secondary N) is 1. The molecule has 0 aliphatic heterocycles. The molecule has 0 aliphatic rings. The van der Waals surface area contributed by atoms with E-state index in [9.17, 15) is 0 Å². The summed E-state index contributed by atoms with van der Waals surface area (Å²) >= 11 is 0. The molecule has 0 saturated heterocycles. The van der Waals surface area contributed by atoms with Crippen LogP contribution in [-0.4, -0.2) is 39.5 Å². The first-order valence-electron chi connectivity index (χ1n) is 2.62. The van der Waals surface area contributed by atoms with Crippen molar-refractivity contribution in [1.29, 1.82) is 15.8 Å². The Labute approximate surface area is 90.5 Å². The topological polar surface area (TPSA) is 100 Å². The van der Waals surface area contributed by atoms with Crippen LogP contribution < -0.4 is 0 Å². The van der Waals surface area contributed by atoms with Gasteiger partial charge in [0.2, 0.25) is 5.82 Å². The van der Waals surface area contributed by atoms with Gasteiger partial charge in [0.15, 0.2) is 11.4 Å². The molecule has 0 amide bonds. The molecule has 12 heavy (non-hydrogen) atoms. The monoisotopic (exact) mass is 167 g/mol. The molecule has 1 aromatic heterocycles. The van der Waals surface area contributed by atoms with Gasteiger partial charge in [-0.2, -0.15) is 15.8 Å². The van der Waals surface area contributed by atoms with E-state index in [-0.39, 0.29) is 46.8 Å². The summed E-state index contributed by atoms with van der Waals surface area (Å²) in [5.41, 5.74) is -0.00639. The molecule has 0 saturated carbocycles. The van der Waals surface area contributed by atoms with Gasteiger partial charge < -0.3 is 4.98 Å². The van der Waals surface area contributed by atoms with Gasteiger partial charge in [-0.05, 0) is 0 Å². The summed E-state index contributed by atoms with van der Waals surface area (Å²) in [6.45, 7) is 0. The minimum atomic E-state index is -0.0379. The van der Waals surface area contributed by atoms with Gasteiger partial charge in [0.05, 0.1) is 0 Å². The van der Waals surface area contributed by atoms with Gasteiger partial charge >= 0.3 is 29.6 Å². The average molecular weight is 167 g/mol. The van der Waals surface area contributed by atoms with E-state index in [1.165, 1.54) is 0 Å². The summed E-state index contributed by atoms with van der Waals surface area (Å²) in [6, 6.07) is 5.08. The Morgan fingerprint density at radius 1 is 1.08 bits per heavy atom. The molecule has 1 aromatic rings. The van der Waals surface area contributed by atoms with Crippen molar-refractivity contribution in [3.05, 3.63) is 17.2 Å². The van der Waals surface area contributed by atoms with Gasteiger partial charge in [0, 0.05) is 0 Å². The summed E-state index contributed by atoms with van der Waals surface area (Å²) in [7, 11) is 0. The van der Waals surface area contributed by atoms with Crippen molar-refractivity contribution in [3.63, 3.8) is 0 Å².